The van der Waals surface area contributed by atoms with Gasteiger partial charge in [0.15, 0.2) is 0 Å². The molecule has 6 heteroatoms. The van der Waals surface area contributed by atoms with Crippen molar-refractivity contribution in [3.05, 3.63) is 46.4 Å². The fraction of sp³-hybridized carbons (Fsp3) is 0.100. The number of nitrogens with two attached hydrogens (primary N) is 1. The van der Waals surface area contributed by atoms with Gasteiger partial charge in [-0.2, -0.15) is 13.2 Å². The Morgan fingerprint density at radius 3 is 2.38 bits per heavy atom. The van der Waals surface area contributed by atoms with Crippen molar-refractivity contribution in [1.29, 1.82) is 0 Å². The zero-order valence-electron chi connectivity index (χ0n) is 7.95. The van der Waals surface area contributed by atoms with Crippen molar-refractivity contribution in [2.75, 3.05) is 5.73 Å². The maximum absolute atomic E-state index is 12.4. The molecule has 0 bridgehead atoms. The van der Waals surface area contributed by atoms with E-state index in [-0.39, 0.29) is 5.69 Å². The summed E-state index contributed by atoms with van der Waals surface area (Å²) in [4.78, 5) is 11.5. The number of fused-ring (bicyclic) bond motifs is 1. The molecule has 0 amide bonds. The minimum Gasteiger partial charge on any atom is -0.394 e. The first-order valence-electron chi connectivity index (χ1n) is 4.38. The molecule has 0 spiro atoms. The maximum Gasteiger partial charge on any atom is 0.417 e. The van der Waals surface area contributed by atoms with Crippen LogP contribution >= 0.6 is 0 Å². The van der Waals surface area contributed by atoms with E-state index in [2.05, 4.69) is 0 Å². The van der Waals surface area contributed by atoms with E-state index in [0.29, 0.717) is 5.52 Å². The summed E-state index contributed by atoms with van der Waals surface area (Å²) in [6.45, 7) is 0. The fourth-order valence-corrected chi connectivity index (χ4v) is 1.38. The molecule has 16 heavy (non-hydrogen) atoms. The predicted octanol–water partition coefficient (Wildman–Crippen LogP) is 1.90. The van der Waals surface area contributed by atoms with Crippen LogP contribution in [-0.2, 0) is 6.18 Å². The van der Waals surface area contributed by atoms with Gasteiger partial charge in [0.25, 0.3) is 5.56 Å². The largest absolute Gasteiger partial charge is 0.417 e. The number of halogens is 3. The van der Waals surface area contributed by atoms with Crippen LogP contribution < -0.4 is 11.3 Å². The molecule has 2 aromatic rings. The molecule has 2 aromatic heterocycles. The Hall–Kier alpha value is -1.98. The summed E-state index contributed by atoms with van der Waals surface area (Å²) in [7, 11) is 0. The highest BCUT2D eigenvalue weighted by Crippen LogP contribution is 2.28. The minimum atomic E-state index is -4.47. The Balaban J connectivity index is 2.79. The zero-order chi connectivity index (χ0) is 11.9. The average molecular weight is 228 g/mol. The zero-order valence-corrected chi connectivity index (χ0v) is 7.95. The molecule has 84 valence electrons. The highest BCUT2D eigenvalue weighted by Gasteiger charge is 2.30. The van der Waals surface area contributed by atoms with Gasteiger partial charge >= 0.3 is 6.18 Å². The highest BCUT2D eigenvalue weighted by atomic mass is 19.4. The number of hydrogen-bond donors (Lipinski definition) is 1. The van der Waals surface area contributed by atoms with Gasteiger partial charge in [0.2, 0.25) is 0 Å². The van der Waals surface area contributed by atoms with Crippen molar-refractivity contribution >= 4 is 11.2 Å². The molecule has 0 aromatic carbocycles. The predicted molar refractivity (Wildman–Crippen MR) is 53.1 cm³/mol. The molecule has 0 saturated carbocycles. The number of rotatable bonds is 0. The molecule has 0 aliphatic rings. The standard InChI is InChI=1S/C10H7F3N2O/c11-10(12,13)6-1-2-7-3-4-8(14)9(16)15(7)5-6/h1-5H,14H2. The second kappa shape index (κ2) is 3.26. The van der Waals surface area contributed by atoms with Crippen molar-refractivity contribution in [3.8, 4) is 0 Å². The second-order valence-corrected chi connectivity index (χ2v) is 3.30. The van der Waals surface area contributed by atoms with E-state index in [0.717, 1.165) is 16.7 Å². The molecule has 0 atom stereocenters. The lowest BCUT2D eigenvalue weighted by Gasteiger charge is -2.08. The van der Waals surface area contributed by atoms with Crippen molar-refractivity contribution in [2.24, 2.45) is 0 Å². The Bertz CT molecular complexity index is 601. The molecule has 0 fully saturated rings. The lowest BCUT2D eigenvalue weighted by molar-refractivity contribution is -0.137. The summed E-state index contributed by atoms with van der Waals surface area (Å²) in [5.74, 6) is 0. The summed E-state index contributed by atoms with van der Waals surface area (Å²) in [5, 5.41) is 0. The van der Waals surface area contributed by atoms with Gasteiger partial charge in [0.05, 0.1) is 11.3 Å². The van der Waals surface area contributed by atoms with E-state index >= 15 is 0 Å². The van der Waals surface area contributed by atoms with E-state index in [1.807, 2.05) is 0 Å². The van der Waals surface area contributed by atoms with Crippen molar-refractivity contribution < 1.29 is 13.2 Å². The summed E-state index contributed by atoms with van der Waals surface area (Å²) >= 11 is 0. The quantitative estimate of drug-likeness (QED) is 0.748. The number of alkyl halides is 3. The monoisotopic (exact) mass is 228 g/mol. The van der Waals surface area contributed by atoms with Gasteiger partial charge in [-0.05, 0) is 24.3 Å². The number of pyridine rings is 2. The first-order chi connectivity index (χ1) is 7.39. The summed E-state index contributed by atoms with van der Waals surface area (Å²) in [6, 6.07) is 5.00. The lowest BCUT2D eigenvalue weighted by atomic mass is 10.2. The van der Waals surface area contributed by atoms with E-state index in [9.17, 15) is 18.0 Å². The van der Waals surface area contributed by atoms with Crippen LogP contribution in [0.25, 0.3) is 5.52 Å². The fourth-order valence-electron chi connectivity index (χ4n) is 1.38. The Kier molecular flexibility index (Phi) is 2.15. The van der Waals surface area contributed by atoms with E-state index < -0.39 is 17.3 Å². The molecule has 0 radical (unpaired) electrons. The van der Waals surface area contributed by atoms with Gasteiger partial charge < -0.3 is 5.73 Å². The number of aromatic nitrogens is 1. The SMILES string of the molecule is Nc1ccc2ccc(C(F)(F)F)cn2c1=O. The number of nitrogen functional groups attached to an aromatic ring is 1. The third-order valence-corrected chi connectivity index (χ3v) is 2.21. The Morgan fingerprint density at radius 2 is 1.75 bits per heavy atom. The maximum atomic E-state index is 12.4. The highest BCUT2D eigenvalue weighted by molar-refractivity contribution is 5.52. The molecule has 0 aliphatic carbocycles. The molecular weight excluding hydrogens is 221 g/mol. The van der Waals surface area contributed by atoms with Crippen LogP contribution in [-0.4, -0.2) is 4.40 Å². The van der Waals surface area contributed by atoms with Crippen LogP contribution in [0.1, 0.15) is 5.56 Å². The van der Waals surface area contributed by atoms with Gasteiger partial charge in [0, 0.05) is 11.7 Å². The van der Waals surface area contributed by atoms with E-state index in [1.54, 1.807) is 0 Å². The molecular formula is C10H7F3N2O. The number of anilines is 1. The average Bonchev–Trinajstić information content (AvgIpc) is 2.22. The minimum absolute atomic E-state index is 0.0863. The normalized spacial score (nSPS) is 11.9. The topological polar surface area (TPSA) is 47.5 Å². The summed E-state index contributed by atoms with van der Waals surface area (Å²) in [6.07, 6.45) is -3.73. The molecule has 2 N–H and O–H groups in total. The Morgan fingerprint density at radius 1 is 1.12 bits per heavy atom. The van der Waals surface area contributed by atoms with Crippen LogP contribution in [0.2, 0.25) is 0 Å². The van der Waals surface area contributed by atoms with Crippen LogP contribution in [0.4, 0.5) is 18.9 Å². The van der Waals surface area contributed by atoms with Gasteiger partial charge in [-0.3, -0.25) is 9.20 Å². The van der Waals surface area contributed by atoms with E-state index in [1.165, 1.54) is 18.2 Å². The van der Waals surface area contributed by atoms with Crippen LogP contribution in [0.15, 0.2) is 35.3 Å². The first kappa shape index (κ1) is 10.5. The van der Waals surface area contributed by atoms with Gasteiger partial charge in [-0.1, -0.05) is 0 Å². The van der Waals surface area contributed by atoms with Crippen molar-refractivity contribution in [1.82, 2.24) is 4.40 Å². The van der Waals surface area contributed by atoms with Crippen molar-refractivity contribution in [3.63, 3.8) is 0 Å². The third kappa shape index (κ3) is 1.62. The van der Waals surface area contributed by atoms with Crippen LogP contribution in [0, 0.1) is 0 Å². The number of hydrogen-bond acceptors (Lipinski definition) is 2. The van der Waals surface area contributed by atoms with Gasteiger partial charge in [0.1, 0.15) is 0 Å². The summed E-state index contributed by atoms with van der Waals surface area (Å²) < 4.78 is 38.1. The molecule has 2 rings (SSSR count). The Labute approximate surface area is 87.9 Å². The molecule has 0 unspecified atom stereocenters. The lowest BCUT2D eigenvalue weighted by Crippen LogP contribution is -2.18. The van der Waals surface area contributed by atoms with Gasteiger partial charge in [-0.25, -0.2) is 0 Å². The summed E-state index contributed by atoms with van der Waals surface area (Å²) in [5.41, 5.74) is 4.08. The first-order valence-corrected chi connectivity index (χ1v) is 4.38. The van der Waals surface area contributed by atoms with Crippen molar-refractivity contribution in [2.45, 2.75) is 6.18 Å². The molecule has 0 aliphatic heterocycles. The molecule has 2 heterocycles. The number of nitrogens with zero attached hydrogens (tertiary/aromatic N) is 1. The third-order valence-electron chi connectivity index (χ3n) is 2.21. The second-order valence-electron chi connectivity index (χ2n) is 3.30. The molecule has 0 saturated heterocycles. The molecule has 3 nitrogen and oxygen atoms in total. The van der Waals surface area contributed by atoms with Crippen LogP contribution in [0.5, 0.6) is 0 Å². The van der Waals surface area contributed by atoms with Crippen LogP contribution in [0.3, 0.4) is 0 Å². The van der Waals surface area contributed by atoms with E-state index in [4.69, 9.17) is 5.73 Å². The van der Waals surface area contributed by atoms with Gasteiger partial charge in [-0.15, -0.1) is 0 Å². The smallest absolute Gasteiger partial charge is 0.394 e.